The summed E-state index contributed by atoms with van der Waals surface area (Å²) in [6.07, 6.45) is 0.528. The van der Waals surface area contributed by atoms with Gasteiger partial charge in [0, 0.05) is 6.07 Å². The zero-order valence-electron chi connectivity index (χ0n) is 10.9. The average molecular weight is 272 g/mol. The van der Waals surface area contributed by atoms with Gasteiger partial charge in [-0.05, 0) is 18.1 Å². The van der Waals surface area contributed by atoms with E-state index in [9.17, 15) is 14.7 Å². The quantitative estimate of drug-likeness (QED) is 0.749. The molecule has 0 saturated heterocycles. The van der Waals surface area contributed by atoms with Crippen LogP contribution in [0.5, 0.6) is 0 Å². The van der Waals surface area contributed by atoms with Crippen molar-refractivity contribution in [2.75, 3.05) is 6.61 Å². The number of carbonyl (C=O) groups excluding carboxylic acids is 1. The maximum absolute atomic E-state index is 12.0. The van der Waals surface area contributed by atoms with Crippen LogP contribution in [0.25, 0.3) is 0 Å². The van der Waals surface area contributed by atoms with Crippen molar-refractivity contribution in [3.63, 3.8) is 0 Å². The number of aliphatic hydroxyl groups is 1. The number of nitrogens with one attached hydrogen (secondary N) is 2. The Morgan fingerprint density at radius 3 is 2.55 bits per heavy atom. The highest BCUT2D eigenvalue weighted by atomic mass is 16.3. The summed E-state index contributed by atoms with van der Waals surface area (Å²) < 4.78 is 0. The van der Waals surface area contributed by atoms with Gasteiger partial charge in [-0.1, -0.05) is 36.4 Å². The minimum atomic E-state index is -0.405. The molecule has 5 heteroatoms. The fourth-order valence-corrected chi connectivity index (χ4v) is 1.90. The lowest BCUT2D eigenvalue weighted by Crippen LogP contribution is -2.39. The van der Waals surface area contributed by atoms with Gasteiger partial charge in [-0.2, -0.15) is 0 Å². The minimum absolute atomic E-state index is 0.169. The predicted molar refractivity (Wildman–Crippen MR) is 75.5 cm³/mol. The van der Waals surface area contributed by atoms with E-state index < -0.39 is 11.9 Å². The summed E-state index contributed by atoms with van der Waals surface area (Å²) in [4.78, 5) is 25.6. The maximum atomic E-state index is 12.0. The first-order chi connectivity index (χ1) is 9.69. The molecule has 1 atom stereocenters. The first kappa shape index (κ1) is 14.0. The van der Waals surface area contributed by atoms with Gasteiger partial charge in [0.2, 0.25) is 5.56 Å². The van der Waals surface area contributed by atoms with E-state index in [0.29, 0.717) is 6.42 Å². The molecule has 0 saturated carbocycles. The third kappa shape index (κ3) is 3.80. The molecule has 1 heterocycles. The molecule has 0 aliphatic carbocycles. The van der Waals surface area contributed by atoms with Gasteiger partial charge >= 0.3 is 0 Å². The van der Waals surface area contributed by atoms with Crippen molar-refractivity contribution in [2.24, 2.45) is 0 Å². The molecule has 0 aliphatic rings. The van der Waals surface area contributed by atoms with E-state index in [-0.39, 0.29) is 17.9 Å². The molecule has 2 rings (SSSR count). The molecule has 2 aromatic rings. The molecule has 1 amide bonds. The molecule has 1 aromatic heterocycles. The van der Waals surface area contributed by atoms with Crippen LogP contribution in [0.15, 0.2) is 53.3 Å². The van der Waals surface area contributed by atoms with Crippen molar-refractivity contribution in [1.29, 1.82) is 0 Å². The van der Waals surface area contributed by atoms with Crippen LogP contribution >= 0.6 is 0 Å². The molecule has 0 aliphatic heterocycles. The summed E-state index contributed by atoms with van der Waals surface area (Å²) in [5, 5.41) is 12.1. The zero-order chi connectivity index (χ0) is 14.4. The molecule has 0 radical (unpaired) electrons. The maximum Gasteiger partial charge on any atom is 0.268 e. The second kappa shape index (κ2) is 6.68. The largest absolute Gasteiger partial charge is 0.394 e. The Hall–Kier alpha value is -2.40. The van der Waals surface area contributed by atoms with Gasteiger partial charge in [0.05, 0.1) is 12.6 Å². The Morgan fingerprint density at radius 1 is 1.15 bits per heavy atom. The van der Waals surface area contributed by atoms with Crippen LogP contribution in [-0.2, 0) is 6.42 Å². The lowest BCUT2D eigenvalue weighted by atomic mass is 10.1. The number of hydrogen-bond acceptors (Lipinski definition) is 3. The fourth-order valence-electron chi connectivity index (χ4n) is 1.90. The normalized spacial score (nSPS) is 11.8. The monoisotopic (exact) mass is 272 g/mol. The van der Waals surface area contributed by atoms with Crippen LogP contribution in [0.1, 0.15) is 16.1 Å². The second-order valence-electron chi connectivity index (χ2n) is 4.47. The van der Waals surface area contributed by atoms with Crippen LogP contribution in [0.4, 0.5) is 0 Å². The Kier molecular flexibility index (Phi) is 4.68. The van der Waals surface area contributed by atoms with E-state index in [1.54, 1.807) is 0 Å². The number of amides is 1. The van der Waals surface area contributed by atoms with E-state index in [0.717, 1.165) is 5.56 Å². The van der Waals surface area contributed by atoms with Gasteiger partial charge in [-0.3, -0.25) is 9.59 Å². The van der Waals surface area contributed by atoms with Gasteiger partial charge in [0.1, 0.15) is 5.69 Å². The fraction of sp³-hybridized carbons (Fsp3) is 0.200. The number of hydrogen-bond donors (Lipinski definition) is 3. The summed E-state index contributed by atoms with van der Waals surface area (Å²) in [5.41, 5.74) is 0.874. The Morgan fingerprint density at radius 2 is 1.90 bits per heavy atom. The SMILES string of the molecule is O=C(N[C@@H](CO)Cc1ccccc1)c1cccc(=O)[nH]1. The molecule has 0 unspecified atom stereocenters. The van der Waals surface area contributed by atoms with Crippen molar-refractivity contribution < 1.29 is 9.90 Å². The number of aromatic nitrogens is 1. The molecule has 1 aromatic carbocycles. The van der Waals surface area contributed by atoms with Crippen LogP contribution in [0, 0.1) is 0 Å². The Balaban J connectivity index is 2.03. The van der Waals surface area contributed by atoms with Crippen LogP contribution in [-0.4, -0.2) is 28.6 Å². The number of aliphatic hydroxyl groups excluding tert-OH is 1. The van der Waals surface area contributed by atoms with Gasteiger partial charge in [0.25, 0.3) is 5.91 Å². The highest BCUT2D eigenvalue weighted by Crippen LogP contribution is 2.03. The van der Waals surface area contributed by atoms with E-state index in [1.165, 1.54) is 18.2 Å². The summed E-state index contributed by atoms with van der Waals surface area (Å²) in [6.45, 7) is -0.169. The predicted octanol–water partition coefficient (Wildman–Crippen LogP) is 0.708. The minimum Gasteiger partial charge on any atom is -0.394 e. The number of H-pyrrole nitrogens is 1. The van der Waals surface area contributed by atoms with E-state index >= 15 is 0 Å². The third-order valence-electron chi connectivity index (χ3n) is 2.89. The lowest BCUT2D eigenvalue weighted by Gasteiger charge is -2.16. The van der Waals surface area contributed by atoms with Crippen molar-refractivity contribution in [3.05, 3.63) is 70.1 Å². The molecule has 0 fully saturated rings. The van der Waals surface area contributed by atoms with Gasteiger partial charge in [0.15, 0.2) is 0 Å². The zero-order valence-corrected chi connectivity index (χ0v) is 10.9. The highest BCUT2D eigenvalue weighted by Gasteiger charge is 2.14. The van der Waals surface area contributed by atoms with E-state index in [2.05, 4.69) is 10.3 Å². The standard InChI is InChI=1S/C15H16N2O3/c18-10-12(9-11-5-2-1-3-6-11)16-15(20)13-7-4-8-14(19)17-13/h1-8,12,18H,9-10H2,(H,16,20)(H,17,19)/t12-/m1/s1. The third-order valence-corrected chi connectivity index (χ3v) is 2.89. The Bertz CT molecular complexity index is 622. The van der Waals surface area contributed by atoms with Crippen molar-refractivity contribution >= 4 is 5.91 Å². The van der Waals surface area contributed by atoms with Crippen LogP contribution < -0.4 is 10.9 Å². The number of carbonyl (C=O) groups is 1. The first-order valence-corrected chi connectivity index (χ1v) is 6.34. The summed E-state index contributed by atoms with van der Waals surface area (Å²) in [7, 11) is 0. The topological polar surface area (TPSA) is 82.2 Å². The highest BCUT2D eigenvalue weighted by molar-refractivity contribution is 5.92. The van der Waals surface area contributed by atoms with Gasteiger partial charge < -0.3 is 15.4 Å². The molecule has 0 bridgehead atoms. The van der Waals surface area contributed by atoms with Gasteiger partial charge in [-0.15, -0.1) is 0 Å². The van der Waals surface area contributed by atoms with E-state index in [1.807, 2.05) is 30.3 Å². The summed E-state index contributed by atoms with van der Waals surface area (Å²) in [6, 6.07) is 13.6. The second-order valence-corrected chi connectivity index (χ2v) is 4.47. The van der Waals surface area contributed by atoms with Crippen molar-refractivity contribution in [1.82, 2.24) is 10.3 Å². The van der Waals surface area contributed by atoms with Crippen molar-refractivity contribution in [3.8, 4) is 0 Å². The molecule has 5 nitrogen and oxygen atoms in total. The lowest BCUT2D eigenvalue weighted by molar-refractivity contribution is 0.0911. The average Bonchev–Trinajstić information content (AvgIpc) is 2.47. The molecule has 20 heavy (non-hydrogen) atoms. The molecular formula is C15H16N2O3. The molecule has 3 N–H and O–H groups in total. The molecule has 0 spiro atoms. The number of benzene rings is 1. The smallest absolute Gasteiger partial charge is 0.268 e. The van der Waals surface area contributed by atoms with Crippen LogP contribution in [0.2, 0.25) is 0 Å². The Labute approximate surface area is 116 Å². The number of aromatic amines is 1. The van der Waals surface area contributed by atoms with Crippen LogP contribution in [0.3, 0.4) is 0 Å². The summed E-state index contributed by atoms with van der Waals surface area (Å²) >= 11 is 0. The van der Waals surface area contributed by atoms with Crippen molar-refractivity contribution in [2.45, 2.75) is 12.5 Å². The van der Waals surface area contributed by atoms with E-state index in [4.69, 9.17) is 0 Å². The molecular weight excluding hydrogens is 256 g/mol. The molecule has 104 valence electrons. The first-order valence-electron chi connectivity index (χ1n) is 6.34. The number of pyridine rings is 1. The number of rotatable bonds is 5. The van der Waals surface area contributed by atoms with Gasteiger partial charge in [-0.25, -0.2) is 0 Å². The summed E-state index contributed by atoms with van der Waals surface area (Å²) in [5.74, 6) is -0.405.